The number of amides is 3. The predicted octanol–water partition coefficient (Wildman–Crippen LogP) is 3.12. The number of hydrogen-bond acceptors (Lipinski definition) is 7. The zero-order valence-corrected chi connectivity index (χ0v) is 17.5. The van der Waals surface area contributed by atoms with Gasteiger partial charge in [0.2, 0.25) is 0 Å². The second kappa shape index (κ2) is 8.67. The van der Waals surface area contributed by atoms with Crippen molar-refractivity contribution >= 4 is 40.2 Å². The number of nitrogens with zero attached hydrogens (tertiary/aromatic N) is 2. The maximum atomic E-state index is 13.0. The van der Waals surface area contributed by atoms with E-state index >= 15 is 0 Å². The van der Waals surface area contributed by atoms with Gasteiger partial charge in [0.1, 0.15) is 11.9 Å². The third kappa shape index (κ3) is 4.12. The topological polar surface area (TPSA) is 106 Å². The first kappa shape index (κ1) is 21.3. The molecule has 3 amide bonds. The monoisotopic (exact) mass is 453 g/mol. The lowest BCUT2D eigenvalue weighted by molar-refractivity contribution is -0.150. The van der Waals surface area contributed by atoms with E-state index in [4.69, 9.17) is 4.74 Å². The second-order valence-electron chi connectivity index (χ2n) is 6.90. The summed E-state index contributed by atoms with van der Waals surface area (Å²) in [5.74, 6) is -3.06. The fourth-order valence-corrected chi connectivity index (χ4v) is 3.90. The number of nitrogens with one attached hydrogen (secondary N) is 1. The van der Waals surface area contributed by atoms with Crippen LogP contribution in [0.2, 0.25) is 0 Å². The van der Waals surface area contributed by atoms with E-state index in [0.717, 1.165) is 16.2 Å². The molecule has 1 aliphatic heterocycles. The summed E-state index contributed by atoms with van der Waals surface area (Å²) < 4.78 is 18.0. The number of esters is 1. The summed E-state index contributed by atoms with van der Waals surface area (Å²) in [5.41, 5.74) is 1.68. The first-order chi connectivity index (χ1) is 15.3. The zero-order chi connectivity index (χ0) is 22.8. The lowest BCUT2D eigenvalue weighted by Gasteiger charge is -2.20. The Kier molecular flexibility index (Phi) is 5.78. The minimum atomic E-state index is -1.19. The van der Waals surface area contributed by atoms with Crippen LogP contribution in [0.1, 0.15) is 27.6 Å². The Labute approximate surface area is 185 Å². The highest BCUT2D eigenvalue weighted by Gasteiger charge is 2.41. The molecular weight excluding hydrogens is 437 g/mol. The smallest absolute Gasteiger partial charge is 0.329 e. The molecule has 0 aliphatic carbocycles. The molecule has 3 aromatic rings. The van der Waals surface area contributed by atoms with Gasteiger partial charge in [-0.25, -0.2) is 14.2 Å². The van der Waals surface area contributed by atoms with Crippen LogP contribution >= 0.6 is 11.3 Å². The van der Waals surface area contributed by atoms with Gasteiger partial charge in [-0.05, 0) is 43.3 Å². The van der Waals surface area contributed by atoms with Crippen molar-refractivity contribution in [3.8, 4) is 11.3 Å². The largest absolute Gasteiger partial charge is 0.454 e. The van der Waals surface area contributed by atoms with Crippen LogP contribution in [-0.4, -0.2) is 46.2 Å². The Morgan fingerprint density at radius 3 is 2.34 bits per heavy atom. The molecule has 1 unspecified atom stereocenters. The average Bonchev–Trinajstić information content (AvgIpc) is 3.35. The van der Waals surface area contributed by atoms with Crippen LogP contribution < -0.4 is 5.32 Å². The number of thiazole rings is 1. The molecule has 0 spiro atoms. The molecule has 1 aromatic heterocycles. The number of aromatic nitrogens is 1. The number of hydrogen-bond donors (Lipinski definition) is 1. The molecule has 1 N–H and O–H groups in total. The van der Waals surface area contributed by atoms with Crippen molar-refractivity contribution in [2.45, 2.75) is 13.0 Å². The van der Waals surface area contributed by atoms with Crippen LogP contribution in [0.15, 0.2) is 53.9 Å². The third-order valence-electron chi connectivity index (χ3n) is 4.79. The van der Waals surface area contributed by atoms with Crippen molar-refractivity contribution in [3.05, 3.63) is 70.9 Å². The molecule has 10 heteroatoms. The highest BCUT2D eigenvalue weighted by molar-refractivity contribution is 7.14. The Morgan fingerprint density at radius 1 is 1.09 bits per heavy atom. The van der Waals surface area contributed by atoms with E-state index in [2.05, 4.69) is 10.3 Å². The van der Waals surface area contributed by atoms with Gasteiger partial charge in [0.05, 0.1) is 16.8 Å². The highest BCUT2D eigenvalue weighted by atomic mass is 32.1. The van der Waals surface area contributed by atoms with E-state index in [0.29, 0.717) is 11.3 Å². The van der Waals surface area contributed by atoms with Crippen molar-refractivity contribution in [2.24, 2.45) is 0 Å². The van der Waals surface area contributed by atoms with Crippen molar-refractivity contribution in [1.82, 2.24) is 9.88 Å². The summed E-state index contributed by atoms with van der Waals surface area (Å²) in [7, 11) is 0. The molecule has 0 bridgehead atoms. The summed E-state index contributed by atoms with van der Waals surface area (Å²) in [6.07, 6.45) is 0. The van der Waals surface area contributed by atoms with Crippen LogP contribution in [0, 0.1) is 5.82 Å². The number of halogens is 1. The van der Waals surface area contributed by atoms with Crippen molar-refractivity contribution in [3.63, 3.8) is 0 Å². The molecule has 2 heterocycles. The lowest BCUT2D eigenvalue weighted by Crippen LogP contribution is -2.44. The van der Waals surface area contributed by atoms with Crippen LogP contribution in [-0.2, 0) is 14.3 Å². The maximum absolute atomic E-state index is 13.0. The van der Waals surface area contributed by atoms with E-state index in [1.165, 1.54) is 31.2 Å². The first-order valence-electron chi connectivity index (χ1n) is 9.50. The summed E-state index contributed by atoms with van der Waals surface area (Å²) in [6.45, 7) is 0.746. The van der Waals surface area contributed by atoms with Crippen LogP contribution in [0.4, 0.5) is 9.52 Å². The summed E-state index contributed by atoms with van der Waals surface area (Å²) in [4.78, 5) is 54.5. The van der Waals surface area contributed by atoms with Crippen LogP contribution in [0.25, 0.3) is 11.3 Å². The van der Waals surface area contributed by atoms with Gasteiger partial charge < -0.3 is 4.74 Å². The van der Waals surface area contributed by atoms with Crippen LogP contribution in [0.3, 0.4) is 0 Å². The Hall–Kier alpha value is -3.92. The molecule has 0 saturated carbocycles. The van der Waals surface area contributed by atoms with Gasteiger partial charge in [0.25, 0.3) is 17.7 Å². The number of imide groups is 1. The molecule has 2 aromatic carbocycles. The molecule has 32 heavy (non-hydrogen) atoms. The number of anilines is 1. The fraction of sp³-hybridized carbons (Fsp3) is 0.136. The normalized spacial score (nSPS) is 13.6. The number of rotatable bonds is 6. The van der Waals surface area contributed by atoms with Crippen LogP contribution in [0.5, 0.6) is 0 Å². The minimum absolute atomic E-state index is 0.218. The number of carbonyl (C=O) groups is 4. The van der Waals surface area contributed by atoms with E-state index < -0.39 is 36.3 Å². The Balaban J connectivity index is 1.33. The fourth-order valence-electron chi connectivity index (χ4n) is 3.16. The van der Waals surface area contributed by atoms with Gasteiger partial charge >= 0.3 is 5.97 Å². The standard InChI is InChI=1S/C22H16FN3O5S/c1-12(26-19(28)15-4-2-3-5-16(15)20(26)29)21(30)31-10-18(27)25-22-24-17(11-32-22)13-6-8-14(23)9-7-13/h2-9,11-12H,10H2,1H3,(H,24,25,27). The molecule has 4 rings (SSSR count). The van der Waals surface area contributed by atoms with Crippen molar-refractivity contribution < 1.29 is 28.3 Å². The average molecular weight is 453 g/mol. The molecule has 1 atom stereocenters. The summed E-state index contributed by atoms with van der Waals surface area (Å²) >= 11 is 1.16. The number of fused-ring (bicyclic) bond motifs is 1. The zero-order valence-electron chi connectivity index (χ0n) is 16.7. The number of benzene rings is 2. The molecule has 0 saturated heterocycles. The van der Waals surface area contributed by atoms with E-state index in [1.807, 2.05) is 0 Å². The molecule has 162 valence electrons. The van der Waals surface area contributed by atoms with Crippen molar-refractivity contribution in [2.75, 3.05) is 11.9 Å². The van der Waals surface area contributed by atoms with Gasteiger partial charge in [0, 0.05) is 10.9 Å². The van der Waals surface area contributed by atoms with E-state index in [-0.39, 0.29) is 22.1 Å². The van der Waals surface area contributed by atoms with Gasteiger partial charge in [-0.2, -0.15) is 0 Å². The molecule has 0 radical (unpaired) electrons. The van der Waals surface area contributed by atoms with Gasteiger partial charge in [-0.15, -0.1) is 11.3 Å². The van der Waals surface area contributed by atoms with Gasteiger partial charge in [-0.3, -0.25) is 24.6 Å². The quantitative estimate of drug-likeness (QED) is 0.454. The third-order valence-corrected chi connectivity index (χ3v) is 5.55. The number of carbonyl (C=O) groups excluding carboxylic acids is 4. The Bertz CT molecular complexity index is 1190. The Morgan fingerprint density at radius 2 is 1.72 bits per heavy atom. The van der Waals surface area contributed by atoms with E-state index in [1.54, 1.807) is 29.6 Å². The lowest BCUT2D eigenvalue weighted by atomic mass is 10.1. The second-order valence-corrected chi connectivity index (χ2v) is 7.76. The van der Waals surface area contributed by atoms with Gasteiger partial charge in [-0.1, -0.05) is 12.1 Å². The van der Waals surface area contributed by atoms with Crippen molar-refractivity contribution in [1.29, 1.82) is 0 Å². The SMILES string of the molecule is CC(C(=O)OCC(=O)Nc1nc(-c2ccc(F)cc2)cs1)N1C(=O)c2ccccc2C1=O. The maximum Gasteiger partial charge on any atom is 0.329 e. The minimum Gasteiger partial charge on any atom is -0.454 e. The highest BCUT2D eigenvalue weighted by Crippen LogP contribution is 2.26. The summed E-state index contributed by atoms with van der Waals surface area (Å²) in [5, 5.41) is 4.48. The van der Waals surface area contributed by atoms with E-state index in [9.17, 15) is 23.6 Å². The molecule has 1 aliphatic rings. The first-order valence-corrected chi connectivity index (χ1v) is 10.4. The molecule has 8 nitrogen and oxygen atoms in total. The predicted molar refractivity (Wildman–Crippen MR) is 114 cm³/mol. The summed E-state index contributed by atoms with van der Waals surface area (Å²) in [6, 6.07) is 10.8. The van der Waals surface area contributed by atoms with Gasteiger partial charge in [0.15, 0.2) is 11.7 Å². The number of ether oxygens (including phenoxy) is 1. The molecule has 0 fully saturated rings. The molecular formula is C22H16FN3O5S.